The Morgan fingerprint density at radius 1 is 1.26 bits per heavy atom. The molecule has 0 radical (unpaired) electrons. The number of nitrogens with one attached hydrogen (secondary N) is 1. The standard InChI is InChI=1S/C21H30N2O4/c1-21(2)18(15-9-11-27-19(15)21)22-20(24)23-10-5-6-16(23)14-8-7-13(25-3)12-17(14)26-4/h7-8,12,15-16,18-19H,5-6,9-11H2,1-4H3,(H,22,24)/t15-,16+,18-,19-/m1/s1. The van der Waals surface area contributed by atoms with E-state index in [1.165, 1.54) is 0 Å². The topological polar surface area (TPSA) is 60.0 Å². The Bertz CT molecular complexity index is 720. The first kappa shape index (κ1) is 18.4. The van der Waals surface area contributed by atoms with Crippen molar-refractivity contribution >= 4 is 6.03 Å². The highest BCUT2D eigenvalue weighted by Crippen LogP contribution is 2.52. The van der Waals surface area contributed by atoms with Gasteiger partial charge in [-0.3, -0.25) is 0 Å². The molecular weight excluding hydrogens is 344 g/mol. The molecule has 0 spiro atoms. The van der Waals surface area contributed by atoms with Crippen LogP contribution in [0.4, 0.5) is 4.79 Å². The Morgan fingerprint density at radius 3 is 2.81 bits per heavy atom. The van der Waals surface area contributed by atoms with Crippen LogP contribution < -0.4 is 14.8 Å². The van der Waals surface area contributed by atoms with Crippen LogP contribution in [0.3, 0.4) is 0 Å². The molecule has 2 saturated heterocycles. The number of carbonyl (C=O) groups is 1. The summed E-state index contributed by atoms with van der Waals surface area (Å²) < 4.78 is 16.7. The van der Waals surface area contributed by atoms with Gasteiger partial charge in [-0.2, -0.15) is 0 Å². The second-order valence-corrected chi connectivity index (χ2v) is 8.45. The molecule has 0 unspecified atom stereocenters. The third-order valence-corrected chi connectivity index (χ3v) is 6.69. The lowest BCUT2D eigenvalue weighted by Crippen LogP contribution is -2.67. The molecule has 2 aliphatic heterocycles. The molecule has 4 rings (SSSR count). The molecule has 6 nitrogen and oxygen atoms in total. The van der Waals surface area contributed by atoms with Crippen molar-refractivity contribution in [3.05, 3.63) is 23.8 Å². The molecule has 2 heterocycles. The Kier molecular flexibility index (Phi) is 4.70. The molecule has 4 atom stereocenters. The van der Waals surface area contributed by atoms with Gasteiger partial charge in [-0.05, 0) is 31.4 Å². The molecule has 148 valence electrons. The zero-order chi connectivity index (χ0) is 19.2. The van der Waals surface area contributed by atoms with Crippen LogP contribution >= 0.6 is 0 Å². The van der Waals surface area contributed by atoms with Crippen molar-refractivity contribution in [1.29, 1.82) is 0 Å². The predicted molar refractivity (Wildman–Crippen MR) is 102 cm³/mol. The number of ether oxygens (including phenoxy) is 3. The summed E-state index contributed by atoms with van der Waals surface area (Å²) in [6.45, 7) is 5.96. The third kappa shape index (κ3) is 2.94. The lowest BCUT2D eigenvalue weighted by molar-refractivity contribution is -0.109. The fraction of sp³-hybridized carbons (Fsp3) is 0.667. The fourth-order valence-electron chi connectivity index (χ4n) is 5.26. The maximum atomic E-state index is 13.1. The van der Waals surface area contributed by atoms with Gasteiger partial charge in [0.2, 0.25) is 0 Å². The van der Waals surface area contributed by atoms with E-state index in [9.17, 15) is 4.79 Å². The number of hydrogen-bond donors (Lipinski definition) is 1. The number of likely N-dealkylation sites (tertiary alicyclic amines) is 1. The minimum Gasteiger partial charge on any atom is -0.497 e. The number of benzene rings is 1. The number of hydrogen-bond acceptors (Lipinski definition) is 4. The number of amides is 2. The summed E-state index contributed by atoms with van der Waals surface area (Å²) in [6.07, 6.45) is 3.25. The van der Waals surface area contributed by atoms with E-state index < -0.39 is 0 Å². The van der Waals surface area contributed by atoms with Crippen LogP contribution in [0.15, 0.2) is 18.2 Å². The molecule has 27 heavy (non-hydrogen) atoms. The average Bonchev–Trinajstić information content (AvgIpc) is 3.33. The molecule has 3 fully saturated rings. The van der Waals surface area contributed by atoms with Crippen LogP contribution in [-0.4, -0.2) is 50.4 Å². The summed E-state index contributed by atoms with van der Waals surface area (Å²) in [5, 5.41) is 3.32. The Morgan fingerprint density at radius 2 is 2.07 bits per heavy atom. The van der Waals surface area contributed by atoms with Crippen molar-refractivity contribution in [3.8, 4) is 11.5 Å². The highest BCUT2D eigenvalue weighted by atomic mass is 16.5. The Balaban J connectivity index is 1.51. The van der Waals surface area contributed by atoms with Crippen LogP contribution in [0.25, 0.3) is 0 Å². The first-order chi connectivity index (χ1) is 13.0. The van der Waals surface area contributed by atoms with Gasteiger partial charge in [0.1, 0.15) is 11.5 Å². The SMILES string of the molecule is COc1ccc([C@@H]2CCCN2C(=O)N[C@@H]2[C@H]3CCO[C@H]3C2(C)C)c(OC)c1. The van der Waals surface area contributed by atoms with E-state index in [2.05, 4.69) is 19.2 Å². The fourth-order valence-corrected chi connectivity index (χ4v) is 5.26. The maximum absolute atomic E-state index is 13.1. The van der Waals surface area contributed by atoms with Crippen LogP contribution in [0.1, 0.15) is 44.7 Å². The molecule has 6 heteroatoms. The lowest BCUT2D eigenvalue weighted by atomic mass is 9.57. The molecule has 1 aromatic rings. The van der Waals surface area contributed by atoms with E-state index in [1.807, 2.05) is 23.1 Å². The largest absolute Gasteiger partial charge is 0.497 e. The van der Waals surface area contributed by atoms with Crippen LogP contribution in [-0.2, 0) is 4.74 Å². The highest BCUT2D eigenvalue weighted by molar-refractivity contribution is 5.76. The van der Waals surface area contributed by atoms with Crippen molar-refractivity contribution in [2.75, 3.05) is 27.4 Å². The van der Waals surface area contributed by atoms with E-state index >= 15 is 0 Å². The minimum absolute atomic E-state index is 0.0101. The first-order valence-corrected chi connectivity index (χ1v) is 9.88. The number of methoxy groups -OCH3 is 2. The number of nitrogens with zero attached hydrogens (tertiary/aromatic N) is 1. The highest BCUT2D eigenvalue weighted by Gasteiger charge is 2.60. The van der Waals surface area contributed by atoms with Gasteiger partial charge in [-0.25, -0.2) is 4.79 Å². The summed E-state index contributed by atoms with van der Waals surface area (Å²) in [4.78, 5) is 15.1. The average molecular weight is 374 g/mol. The zero-order valence-corrected chi connectivity index (χ0v) is 16.7. The zero-order valence-electron chi connectivity index (χ0n) is 16.7. The molecule has 3 aliphatic rings. The van der Waals surface area contributed by atoms with E-state index in [0.29, 0.717) is 5.92 Å². The molecule has 2 amide bonds. The molecule has 1 aromatic carbocycles. The minimum atomic E-state index is -0.0101. The Labute approximate surface area is 161 Å². The summed E-state index contributed by atoms with van der Waals surface area (Å²) >= 11 is 0. The Hall–Kier alpha value is -1.95. The van der Waals surface area contributed by atoms with Gasteiger partial charge in [-0.1, -0.05) is 13.8 Å². The molecule has 0 aromatic heterocycles. The first-order valence-electron chi connectivity index (χ1n) is 9.88. The summed E-state index contributed by atoms with van der Waals surface area (Å²) in [7, 11) is 3.30. The van der Waals surface area contributed by atoms with Crippen LogP contribution in [0, 0.1) is 11.3 Å². The lowest BCUT2D eigenvalue weighted by Gasteiger charge is -2.54. The molecule has 1 saturated carbocycles. The molecule has 0 bridgehead atoms. The monoisotopic (exact) mass is 374 g/mol. The number of urea groups is 1. The smallest absolute Gasteiger partial charge is 0.318 e. The van der Waals surface area contributed by atoms with Gasteiger partial charge in [-0.15, -0.1) is 0 Å². The van der Waals surface area contributed by atoms with Crippen LogP contribution in [0.2, 0.25) is 0 Å². The second kappa shape index (κ2) is 6.89. The van der Waals surface area contributed by atoms with Gasteiger partial charge in [0.05, 0.1) is 26.4 Å². The van der Waals surface area contributed by atoms with E-state index in [4.69, 9.17) is 14.2 Å². The van der Waals surface area contributed by atoms with Crippen molar-refractivity contribution < 1.29 is 19.0 Å². The predicted octanol–water partition coefficient (Wildman–Crippen LogP) is 3.36. The van der Waals surface area contributed by atoms with Crippen molar-refractivity contribution in [2.24, 2.45) is 11.3 Å². The molecule has 1 aliphatic carbocycles. The van der Waals surface area contributed by atoms with Crippen LogP contribution in [0.5, 0.6) is 11.5 Å². The maximum Gasteiger partial charge on any atom is 0.318 e. The van der Waals surface area contributed by atoms with Crippen molar-refractivity contribution in [2.45, 2.75) is 51.3 Å². The van der Waals surface area contributed by atoms with Crippen molar-refractivity contribution in [3.63, 3.8) is 0 Å². The number of rotatable bonds is 4. The summed E-state index contributed by atoms with van der Waals surface area (Å²) in [6, 6.07) is 6.07. The second-order valence-electron chi connectivity index (χ2n) is 8.45. The summed E-state index contributed by atoms with van der Waals surface area (Å²) in [5.74, 6) is 1.97. The van der Waals surface area contributed by atoms with Gasteiger partial charge in [0, 0.05) is 42.2 Å². The number of fused-ring (bicyclic) bond motifs is 1. The van der Waals surface area contributed by atoms with E-state index in [0.717, 1.165) is 49.5 Å². The summed E-state index contributed by atoms with van der Waals surface area (Å²) in [5.41, 5.74) is 1.03. The molecular formula is C21H30N2O4. The van der Waals surface area contributed by atoms with Gasteiger partial charge in [0.25, 0.3) is 0 Å². The van der Waals surface area contributed by atoms with E-state index in [-0.39, 0.29) is 29.6 Å². The van der Waals surface area contributed by atoms with E-state index in [1.54, 1.807) is 14.2 Å². The quantitative estimate of drug-likeness (QED) is 0.878. The van der Waals surface area contributed by atoms with Gasteiger partial charge < -0.3 is 24.4 Å². The van der Waals surface area contributed by atoms with Gasteiger partial charge >= 0.3 is 6.03 Å². The number of carbonyl (C=O) groups excluding carboxylic acids is 1. The van der Waals surface area contributed by atoms with Gasteiger partial charge in [0.15, 0.2) is 0 Å². The van der Waals surface area contributed by atoms with Crippen molar-refractivity contribution in [1.82, 2.24) is 10.2 Å². The third-order valence-electron chi connectivity index (χ3n) is 6.69. The molecule has 1 N–H and O–H groups in total. The normalized spacial score (nSPS) is 31.2.